The van der Waals surface area contributed by atoms with Crippen molar-refractivity contribution < 1.29 is 9.84 Å². The standard InChI is InChI=1S/C11H14BrClO2/c1-7(14)3-8-4-10(12)9(6-15-2)11(13)5-8/h4-5,7,14H,3,6H2,1-2H3. The van der Waals surface area contributed by atoms with Crippen LogP contribution in [0.3, 0.4) is 0 Å². The van der Waals surface area contributed by atoms with Gasteiger partial charge in [0.15, 0.2) is 0 Å². The molecule has 0 heterocycles. The van der Waals surface area contributed by atoms with Crippen LogP contribution < -0.4 is 0 Å². The molecule has 0 aromatic heterocycles. The molecule has 0 bridgehead atoms. The first-order valence-corrected chi connectivity index (χ1v) is 5.85. The van der Waals surface area contributed by atoms with Gasteiger partial charge in [0.1, 0.15) is 0 Å². The molecule has 0 aliphatic rings. The van der Waals surface area contributed by atoms with Gasteiger partial charge < -0.3 is 9.84 Å². The maximum absolute atomic E-state index is 9.28. The van der Waals surface area contributed by atoms with E-state index in [0.717, 1.165) is 15.6 Å². The average molecular weight is 294 g/mol. The number of halogens is 2. The lowest BCUT2D eigenvalue weighted by Gasteiger charge is -2.10. The summed E-state index contributed by atoms with van der Waals surface area (Å²) in [7, 11) is 1.63. The van der Waals surface area contributed by atoms with Crippen LogP contribution in [0, 0.1) is 0 Å². The van der Waals surface area contributed by atoms with Gasteiger partial charge in [-0.25, -0.2) is 0 Å². The fourth-order valence-electron chi connectivity index (χ4n) is 1.40. The zero-order chi connectivity index (χ0) is 11.4. The molecule has 1 rings (SSSR count). The lowest BCUT2D eigenvalue weighted by atomic mass is 10.1. The molecule has 0 aliphatic carbocycles. The Labute approximate surface area is 103 Å². The van der Waals surface area contributed by atoms with E-state index in [2.05, 4.69) is 15.9 Å². The van der Waals surface area contributed by atoms with Gasteiger partial charge in [-0.05, 0) is 31.0 Å². The van der Waals surface area contributed by atoms with E-state index in [1.165, 1.54) is 0 Å². The van der Waals surface area contributed by atoms with Gasteiger partial charge in [-0.2, -0.15) is 0 Å². The van der Waals surface area contributed by atoms with Gasteiger partial charge in [-0.15, -0.1) is 0 Å². The number of hydrogen-bond donors (Lipinski definition) is 1. The van der Waals surface area contributed by atoms with Crippen molar-refractivity contribution in [2.24, 2.45) is 0 Å². The van der Waals surface area contributed by atoms with E-state index in [1.54, 1.807) is 14.0 Å². The summed E-state index contributed by atoms with van der Waals surface area (Å²) in [5.41, 5.74) is 1.95. The molecule has 0 amide bonds. The quantitative estimate of drug-likeness (QED) is 0.924. The molecule has 0 spiro atoms. The van der Waals surface area contributed by atoms with Crippen LogP contribution in [0.1, 0.15) is 18.1 Å². The van der Waals surface area contributed by atoms with Gasteiger partial charge in [-0.1, -0.05) is 27.5 Å². The van der Waals surface area contributed by atoms with E-state index in [0.29, 0.717) is 18.1 Å². The summed E-state index contributed by atoms with van der Waals surface area (Å²) in [6.45, 7) is 2.24. The van der Waals surface area contributed by atoms with Crippen LogP contribution in [0.15, 0.2) is 16.6 Å². The summed E-state index contributed by atoms with van der Waals surface area (Å²) >= 11 is 9.55. The molecule has 1 aromatic rings. The summed E-state index contributed by atoms with van der Waals surface area (Å²) in [5.74, 6) is 0. The molecule has 2 nitrogen and oxygen atoms in total. The van der Waals surface area contributed by atoms with Crippen molar-refractivity contribution in [3.8, 4) is 0 Å². The van der Waals surface area contributed by atoms with Crippen molar-refractivity contribution >= 4 is 27.5 Å². The number of aliphatic hydroxyl groups is 1. The Morgan fingerprint density at radius 2 is 2.20 bits per heavy atom. The van der Waals surface area contributed by atoms with E-state index in [9.17, 15) is 5.11 Å². The molecule has 1 unspecified atom stereocenters. The van der Waals surface area contributed by atoms with Gasteiger partial charge in [0.25, 0.3) is 0 Å². The normalized spacial score (nSPS) is 12.9. The molecule has 0 saturated carbocycles. The van der Waals surface area contributed by atoms with Gasteiger partial charge in [0, 0.05) is 22.2 Å². The zero-order valence-corrected chi connectivity index (χ0v) is 11.1. The van der Waals surface area contributed by atoms with Gasteiger partial charge in [0.2, 0.25) is 0 Å². The highest BCUT2D eigenvalue weighted by Gasteiger charge is 2.08. The summed E-state index contributed by atoms with van der Waals surface area (Å²) in [6.07, 6.45) is 0.243. The van der Waals surface area contributed by atoms with Gasteiger partial charge in [0.05, 0.1) is 12.7 Å². The van der Waals surface area contributed by atoms with Crippen molar-refractivity contribution in [2.45, 2.75) is 26.1 Å². The lowest BCUT2D eigenvalue weighted by molar-refractivity contribution is 0.184. The number of ether oxygens (including phenoxy) is 1. The fourth-order valence-corrected chi connectivity index (χ4v) is 2.43. The molecular weight excluding hydrogens is 279 g/mol. The maximum Gasteiger partial charge on any atom is 0.0738 e. The molecule has 1 atom stereocenters. The second-order valence-electron chi connectivity index (χ2n) is 3.52. The largest absolute Gasteiger partial charge is 0.393 e. The smallest absolute Gasteiger partial charge is 0.0738 e. The Kier molecular flexibility index (Phi) is 5.06. The third kappa shape index (κ3) is 3.76. The summed E-state index contributed by atoms with van der Waals surface area (Å²) in [4.78, 5) is 0. The van der Waals surface area contributed by atoms with E-state index < -0.39 is 0 Å². The highest BCUT2D eigenvalue weighted by Crippen LogP contribution is 2.28. The first-order chi connectivity index (χ1) is 7.04. The van der Waals surface area contributed by atoms with E-state index >= 15 is 0 Å². The summed E-state index contributed by atoms with van der Waals surface area (Å²) in [6, 6.07) is 3.83. The predicted molar refractivity (Wildman–Crippen MR) is 65.2 cm³/mol. The van der Waals surface area contributed by atoms with Crippen molar-refractivity contribution in [1.29, 1.82) is 0 Å². The van der Waals surface area contributed by atoms with Gasteiger partial charge >= 0.3 is 0 Å². The lowest BCUT2D eigenvalue weighted by Crippen LogP contribution is -2.04. The van der Waals surface area contributed by atoms with Crippen LogP contribution in [-0.2, 0) is 17.8 Å². The Balaban J connectivity index is 2.97. The maximum atomic E-state index is 9.28. The highest BCUT2D eigenvalue weighted by molar-refractivity contribution is 9.10. The SMILES string of the molecule is COCc1c(Cl)cc(CC(C)O)cc1Br. The number of aliphatic hydroxyl groups excluding tert-OH is 1. The minimum atomic E-state index is -0.360. The average Bonchev–Trinajstić information content (AvgIpc) is 2.10. The molecule has 84 valence electrons. The zero-order valence-electron chi connectivity index (χ0n) is 8.76. The van der Waals surface area contributed by atoms with E-state index in [4.69, 9.17) is 16.3 Å². The topological polar surface area (TPSA) is 29.5 Å². The molecule has 0 radical (unpaired) electrons. The Morgan fingerprint density at radius 3 is 2.67 bits per heavy atom. The molecular formula is C11H14BrClO2. The number of methoxy groups -OCH3 is 1. The molecule has 0 saturated heterocycles. The van der Waals surface area contributed by atoms with Crippen LogP contribution in [0.4, 0.5) is 0 Å². The highest BCUT2D eigenvalue weighted by atomic mass is 79.9. The first-order valence-electron chi connectivity index (χ1n) is 4.68. The molecule has 15 heavy (non-hydrogen) atoms. The second-order valence-corrected chi connectivity index (χ2v) is 4.79. The summed E-state index contributed by atoms with van der Waals surface area (Å²) < 4.78 is 5.97. The third-order valence-corrected chi connectivity index (χ3v) is 3.07. The third-order valence-electron chi connectivity index (χ3n) is 2.02. The molecule has 0 aliphatic heterocycles. The summed E-state index contributed by atoms with van der Waals surface area (Å²) in [5, 5.41) is 9.95. The predicted octanol–water partition coefficient (Wildman–Crippen LogP) is 3.17. The van der Waals surface area contributed by atoms with Crippen molar-refractivity contribution in [1.82, 2.24) is 0 Å². The van der Waals surface area contributed by atoms with Crippen molar-refractivity contribution in [3.05, 3.63) is 32.8 Å². The van der Waals surface area contributed by atoms with Crippen LogP contribution in [0.25, 0.3) is 0 Å². The van der Waals surface area contributed by atoms with Crippen LogP contribution in [-0.4, -0.2) is 18.3 Å². The van der Waals surface area contributed by atoms with Crippen LogP contribution in [0.5, 0.6) is 0 Å². The molecule has 0 fully saturated rings. The fraction of sp³-hybridized carbons (Fsp3) is 0.455. The van der Waals surface area contributed by atoms with Crippen molar-refractivity contribution in [3.63, 3.8) is 0 Å². The van der Waals surface area contributed by atoms with Crippen LogP contribution >= 0.6 is 27.5 Å². The number of rotatable bonds is 4. The first kappa shape index (κ1) is 13.0. The Morgan fingerprint density at radius 1 is 1.53 bits per heavy atom. The number of benzene rings is 1. The molecule has 4 heteroatoms. The van der Waals surface area contributed by atoms with Crippen molar-refractivity contribution in [2.75, 3.05) is 7.11 Å². The van der Waals surface area contributed by atoms with E-state index in [-0.39, 0.29) is 6.10 Å². The minimum absolute atomic E-state index is 0.360. The van der Waals surface area contributed by atoms with Crippen LogP contribution in [0.2, 0.25) is 5.02 Å². The van der Waals surface area contributed by atoms with E-state index in [1.807, 2.05) is 12.1 Å². The minimum Gasteiger partial charge on any atom is -0.393 e. The number of hydrogen-bond acceptors (Lipinski definition) is 2. The second kappa shape index (κ2) is 5.85. The molecule has 1 aromatic carbocycles. The Hall–Kier alpha value is -0.0900. The van der Waals surface area contributed by atoms with Gasteiger partial charge in [-0.3, -0.25) is 0 Å². The monoisotopic (exact) mass is 292 g/mol. The molecule has 1 N–H and O–H groups in total. The Bertz CT molecular complexity index is 316.